The second kappa shape index (κ2) is 6.61. The molecule has 2 atom stereocenters. The minimum atomic E-state index is 0.974. The van der Waals surface area contributed by atoms with Gasteiger partial charge in [0.25, 0.3) is 0 Å². The van der Waals surface area contributed by atoms with Crippen LogP contribution < -0.4 is 5.32 Å². The van der Waals surface area contributed by atoms with Gasteiger partial charge < -0.3 is 10.2 Å². The van der Waals surface area contributed by atoms with E-state index in [9.17, 15) is 0 Å². The van der Waals surface area contributed by atoms with Crippen LogP contribution in [0, 0.1) is 11.8 Å². The largest absolute Gasteiger partial charge is 0.316 e. The molecular formula is C14H28N2. The van der Waals surface area contributed by atoms with Crippen molar-refractivity contribution in [2.75, 3.05) is 32.7 Å². The summed E-state index contributed by atoms with van der Waals surface area (Å²) >= 11 is 0. The summed E-state index contributed by atoms with van der Waals surface area (Å²) in [5, 5.41) is 3.65. The lowest BCUT2D eigenvalue weighted by Crippen LogP contribution is -2.27. The second-order valence-electron chi connectivity index (χ2n) is 5.89. The van der Waals surface area contributed by atoms with Crippen LogP contribution >= 0.6 is 0 Å². The summed E-state index contributed by atoms with van der Waals surface area (Å²) in [6.07, 6.45) is 8.56. The number of hydrogen-bond acceptors (Lipinski definition) is 2. The van der Waals surface area contributed by atoms with Gasteiger partial charge in [-0.1, -0.05) is 13.3 Å². The molecule has 2 nitrogen and oxygen atoms in total. The summed E-state index contributed by atoms with van der Waals surface area (Å²) in [5.41, 5.74) is 0. The maximum Gasteiger partial charge on any atom is -0.000664 e. The molecule has 0 spiro atoms. The molecule has 2 rings (SSSR count). The molecule has 1 saturated heterocycles. The molecule has 0 aromatic heterocycles. The van der Waals surface area contributed by atoms with Crippen LogP contribution in [-0.2, 0) is 0 Å². The number of nitrogens with one attached hydrogen (secondary N) is 1. The summed E-state index contributed by atoms with van der Waals surface area (Å²) in [6.45, 7) is 8.90. The summed E-state index contributed by atoms with van der Waals surface area (Å²) in [4.78, 5) is 2.61. The Morgan fingerprint density at radius 3 is 2.69 bits per heavy atom. The molecule has 0 bridgehead atoms. The number of nitrogens with zero attached hydrogens (tertiary/aromatic N) is 1. The average molecular weight is 224 g/mol. The third-order valence-electron chi connectivity index (χ3n) is 4.26. The van der Waals surface area contributed by atoms with Gasteiger partial charge in [-0.15, -0.1) is 0 Å². The predicted molar refractivity (Wildman–Crippen MR) is 69.7 cm³/mol. The first-order chi connectivity index (χ1) is 7.84. The van der Waals surface area contributed by atoms with Crippen molar-refractivity contribution >= 4 is 0 Å². The van der Waals surface area contributed by atoms with Crippen LogP contribution in [0.3, 0.4) is 0 Å². The van der Waals surface area contributed by atoms with Crippen molar-refractivity contribution in [3.63, 3.8) is 0 Å². The Kier molecular flexibility index (Phi) is 5.11. The Bertz CT molecular complexity index is 187. The average Bonchev–Trinajstić information content (AvgIpc) is 2.89. The lowest BCUT2D eigenvalue weighted by Gasteiger charge is -2.15. The van der Waals surface area contributed by atoms with Gasteiger partial charge in [0, 0.05) is 0 Å². The molecule has 1 aliphatic heterocycles. The number of hydrogen-bond donors (Lipinski definition) is 1. The Hall–Kier alpha value is -0.0800. The van der Waals surface area contributed by atoms with E-state index in [2.05, 4.69) is 17.1 Å². The predicted octanol–water partition coefficient (Wildman–Crippen LogP) is 2.50. The van der Waals surface area contributed by atoms with E-state index >= 15 is 0 Å². The van der Waals surface area contributed by atoms with Crippen LogP contribution in [0.25, 0.3) is 0 Å². The summed E-state index contributed by atoms with van der Waals surface area (Å²) in [7, 11) is 0. The van der Waals surface area contributed by atoms with Crippen LogP contribution in [0.5, 0.6) is 0 Å². The van der Waals surface area contributed by atoms with Gasteiger partial charge >= 0.3 is 0 Å². The zero-order chi connectivity index (χ0) is 11.2. The van der Waals surface area contributed by atoms with E-state index in [4.69, 9.17) is 0 Å². The summed E-state index contributed by atoms with van der Waals surface area (Å²) < 4.78 is 0. The molecule has 2 unspecified atom stereocenters. The highest BCUT2D eigenvalue weighted by Gasteiger charge is 2.20. The normalized spacial score (nSPS) is 31.3. The molecule has 0 aromatic rings. The van der Waals surface area contributed by atoms with Crippen LogP contribution in [0.4, 0.5) is 0 Å². The maximum absolute atomic E-state index is 3.65. The zero-order valence-corrected chi connectivity index (χ0v) is 10.9. The molecule has 0 aromatic carbocycles. The van der Waals surface area contributed by atoms with E-state index in [1.54, 1.807) is 0 Å². The summed E-state index contributed by atoms with van der Waals surface area (Å²) in [5.74, 6) is 1.96. The van der Waals surface area contributed by atoms with E-state index in [0.717, 1.165) is 11.8 Å². The molecule has 2 aliphatic rings. The van der Waals surface area contributed by atoms with Gasteiger partial charge in [0.05, 0.1) is 0 Å². The molecule has 16 heavy (non-hydrogen) atoms. The second-order valence-corrected chi connectivity index (χ2v) is 5.89. The molecule has 1 N–H and O–H groups in total. The van der Waals surface area contributed by atoms with Crippen molar-refractivity contribution in [2.45, 2.75) is 45.4 Å². The van der Waals surface area contributed by atoms with E-state index in [1.165, 1.54) is 71.2 Å². The lowest BCUT2D eigenvalue weighted by molar-refractivity contribution is 0.328. The van der Waals surface area contributed by atoms with Crippen LogP contribution in [0.2, 0.25) is 0 Å². The minimum Gasteiger partial charge on any atom is -0.316 e. The van der Waals surface area contributed by atoms with Crippen LogP contribution in [0.1, 0.15) is 45.4 Å². The van der Waals surface area contributed by atoms with Crippen molar-refractivity contribution in [3.05, 3.63) is 0 Å². The third kappa shape index (κ3) is 4.06. The zero-order valence-electron chi connectivity index (χ0n) is 10.9. The Morgan fingerprint density at radius 1 is 1.19 bits per heavy atom. The molecule has 0 radical (unpaired) electrons. The van der Waals surface area contributed by atoms with Crippen molar-refractivity contribution in [1.29, 1.82) is 0 Å². The van der Waals surface area contributed by atoms with Gasteiger partial charge in [0.1, 0.15) is 0 Å². The minimum absolute atomic E-state index is 0.974. The van der Waals surface area contributed by atoms with Crippen molar-refractivity contribution in [1.82, 2.24) is 10.2 Å². The van der Waals surface area contributed by atoms with E-state index in [1.807, 2.05) is 0 Å². The first-order valence-electron chi connectivity index (χ1n) is 7.27. The molecule has 2 heteroatoms. The number of likely N-dealkylation sites (tertiary alicyclic amines) is 1. The molecule has 1 aliphatic carbocycles. The number of rotatable bonds is 6. The van der Waals surface area contributed by atoms with Gasteiger partial charge in [-0.05, 0) is 76.7 Å². The van der Waals surface area contributed by atoms with Gasteiger partial charge in [-0.3, -0.25) is 0 Å². The fraction of sp³-hybridized carbons (Fsp3) is 1.00. The Morgan fingerprint density at radius 2 is 2.00 bits per heavy atom. The first-order valence-corrected chi connectivity index (χ1v) is 7.27. The molecule has 0 amide bonds. The third-order valence-corrected chi connectivity index (χ3v) is 4.26. The SMILES string of the molecule is CC1CCC(CNCCCN2CCCC2)C1. The fourth-order valence-corrected chi connectivity index (χ4v) is 3.25. The van der Waals surface area contributed by atoms with Crippen LogP contribution in [-0.4, -0.2) is 37.6 Å². The first kappa shape index (κ1) is 12.4. The van der Waals surface area contributed by atoms with Crippen molar-refractivity contribution in [3.8, 4) is 0 Å². The highest BCUT2D eigenvalue weighted by molar-refractivity contribution is 4.74. The van der Waals surface area contributed by atoms with E-state index < -0.39 is 0 Å². The van der Waals surface area contributed by atoms with Gasteiger partial charge in [-0.2, -0.15) is 0 Å². The summed E-state index contributed by atoms with van der Waals surface area (Å²) in [6, 6.07) is 0. The monoisotopic (exact) mass is 224 g/mol. The van der Waals surface area contributed by atoms with E-state index in [0.29, 0.717) is 0 Å². The van der Waals surface area contributed by atoms with Crippen molar-refractivity contribution < 1.29 is 0 Å². The lowest BCUT2D eigenvalue weighted by atomic mass is 10.1. The van der Waals surface area contributed by atoms with Crippen molar-refractivity contribution in [2.24, 2.45) is 11.8 Å². The molecular weight excluding hydrogens is 196 g/mol. The van der Waals surface area contributed by atoms with Gasteiger partial charge in [0.15, 0.2) is 0 Å². The Balaban J connectivity index is 1.43. The molecule has 1 saturated carbocycles. The topological polar surface area (TPSA) is 15.3 Å². The maximum atomic E-state index is 3.65. The van der Waals surface area contributed by atoms with Gasteiger partial charge in [0.2, 0.25) is 0 Å². The highest BCUT2D eigenvalue weighted by Crippen LogP contribution is 2.29. The standard InChI is InChI=1S/C14H28N2/c1-13-5-6-14(11-13)12-15-7-4-10-16-8-2-3-9-16/h13-15H,2-12H2,1H3. The molecule has 2 fully saturated rings. The Labute approximate surface area is 101 Å². The quantitative estimate of drug-likeness (QED) is 0.697. The highest BCUT2D eigenvalue weighted by atomic mass is 15.1. The van der Waals surface area contributed by atoms with Gasteiger partial charge in [-0.25, -0.2) is 0 Å². The molecule has 94 valence electrons. The molecule has 1 heterocycles. The van der Waals surface area contributed by atoms with E-state index in [-0.39, 0.29) is 0 Å². The smallest absolute Gasteiger partial charge is 0.000664 e. The fourth-order valence-electron chi connectivity index (χ4n) is 3.25. The van der Waals surface area contributed by atoms with Crippen LogP contribution in [0.15, 0.2) is 0 Å².